The number of methoxy groups -OCH3 is 1. The fraction of sp³-hybridized carbons (Fsp3) is 0.381. The summed E-state index contributed by atoms with van der Waals surface area (Å²) in [6.45, 7) is 6.91. The molecular weight excluding hydrogens is 415 g/mol. The maximum atomic E-state index is 11.4. The number of anilines is 1. The normalized spacial score (nSPS) is 16.8. The molecule has 1 heterocycles. The van der Waals surface area contributed by atoms with Gasteiger partial charge in [0.25, 0.3) is 0 Å². The average molecular weight is 439 g/mol. The highest BCUT2D eigenvalue weighted by atomic mass is 35.5. The van der Waals surface area contributed by atoms with Crippen molar-refractivity contribution >= 4 is 45.9 Å². The molecule has 0 unspecified atom stereocenters. The Labute approximate surface area is 180 Å². The summed E-state index contributed by atoms with van der Waals surface area (Å²) in [5.41, 5.74) is 0.936. The highest BCUT2D eigenvalue weighted by molar-refractivity contribution is 7.99. The summed E-state index contributed by atoms with van der Waals surface area (Å²) >= 11 is 13.7. The molecule has 0 aromatic heterocycles. The summed E-state index contributed by atoms with van der Waals surface area (Å²) in [7, 11) is 1.67. The van der Waals surface area contributed by atoms with Crippen molar-refractivity contribution in [1.82, 2.24) is 4.90 Å². The molecule has 2 aromatic rings. The third kappa shape index (κ3) is 5.15. The van der Waals surface area contributed by atoms with Crippen molar-refractivity contribution in [2.45, 2.75) is 29.2 Å². The Morgan fingerprint density at radius 2 is 1.89 bits per heavy atom. The molecule has 0 aliphatic carbocycles. The number of rotatable bonds is 6. The molecule has 0 bridgehead atoms. The summed E-state index contributed by atoms with van der Waals surface area (Å²) in [5.74, 6) is 0.840. The van der Waals surface area contributed by atoms with Gasteiger partial charge in [0.1, 0.15) is 5.75 Å². The largest absolute Gasteiger partial charge is 0.497 e. The first kappa shape index (κ1) is 21.3. The predicted octanol–water partition coefficient (Wildman–Crippen LogP) is 5.17. The van der Waals surface area contributed by atoms with Gasteiger partial charge in [-0.1, -0.05) is 23.4 Å². The Kier molecular flexibility index (Phi) is 6.81. The minimum Gasteiger partial charge on any atom is -0.497 e. The lowest BCUT2D eigenvalue weighted by Crippen LogP contribution is -2.60. The monoisotopic (exact) mass is 438 g/mol. The average Bonchev–Trinajstić information content (AvgIpc) is 2.65. The van der Waals surface area contributed by atoms with Crippen LogP contribution in [0.15, 0.2) is 52.3 Å². The highest BCUT2D eigenvalue weighted by Gasteiger charge is 2.35. The first-order chi connectivity index (χ1) is 13.3. The molecule has 1 aliphatic heterocycles. The van der Waals surface area contributed by atoms with E-state index >= 15 is 0 Å². The van der Waals surface area contributed by atoms with Gasteiger partial charge < -0.3 is 9.64 Å². The second-order valence-electron chi connectivity index (χ2n) is 7.40. The van der Waals surface area contributed by atoms with E-state index in [9.17, 15) is 4.79 Å². The summed E-state index contributed by atoms with van der Waals surface area (Å²) in [6, 6.07) is 14.0. The zero-order valence-corrected chi connectivity index (χ0v) is 18.6. The molecule has 150 valence electrons. The van der Waals surface area contributed by atoms with Gasteiger partial charge in [0.2, 0.25) is 5.24 Å². The molecule has 1 fully saturated rings. The van der Waals surface area contributed by atoms with E-state index in [1.165, 1.54) is 0 Å². The van der Waals surface area contributed by atoms with Crippen molar-refractivity contribution in [2.75, 3.05) is 38.2 Å². The quantitative estimate of drug-likeness (QED) is 0.581. The molecule has 0 spiro atoms. The Hall–Kier alpha value is -1.40. The fourth-order valence-electron chi connectivity index (χ4n) is 3.43. The lowest BCUT2D eigenvalue weighted by molar-refractivity contribution is -0.114. The summed E-state index contributed by atoms with van der Waals surface area (Å²) < 4.78 is 5.24. The van der Waals surface area contributed by atoms with E-state index < -0.39 is 0 Å². The van der Waals surface area contributed by atoms with Crippen LogP contribution in [0, 0.1) is 0 Å². The Morgan fingerprint density at radius 3 is 2.50 bits per heavy atom. The van der Waals surface area contributed by atoms with Crippen molar-refractivity contribution in [3.63, 3.8) is 0 Å². The number of piperazine rings is 1. The van der Waals surface area contributed by atoms with Crippen LogP contribution in [0.2, 0.25) is 5.02 Å². The number of ether oxygens (including phenoxy) is 1. The number of nitrogens with zero attached hydrogens (tertiary/aromatic N) is 2. The van der Waals surface area contributed by atoms with Crippen LogP contribution in [-0.2, 0) is 4.79 Å². The third-order valence-electron chi connectivity index (χ3n) is 4.94. The van der Waals surface area contributed by atoms with E-state index in [2.05, 4.69) is 41.8 Å². The molecule has 0 atom stereocenters. The minimum atomic E-state index is -0.319. The lowest BCUT2D eigenvalue weighted by atomic mass is 9.98. The molecule has 3 rings (SSSR count). The Balaban J connectivity index is 1.83. The first-order valence-electron chi connectivity index (χ1n) is 9.08. The van der Waals surface area contributed by atoms with E-state index in [-0.39, 0.29) is 17.3 Å². The van der Waals surface area contributed by atoms with Crippen LogP contribution < -0.4 is 9.64 Å². The lowest BCUT2D eigenvalue weighted by Gasteiger charge is -2.47. The van der Waals surface area contributed by atoms with Crippen LogP contribution in [0.5, 0.6) is 5.75 Å². The standard InChI is InChI=1S/C21H24Cl2N2O2S/c1-21(2)14-24(10-11-25(21)13-20(23)26)18-12-15(22)4-9-19(18)28-17-7-5-16(27-3)6-8-17/h4-9,12H,10-11,13-14H2,1-3H3. The van der Waals surface area contributed by atoms with Gasteiger partial charge in [-0.25, -0.2) is 0 Å². The van der Waals surface area contributed by atoms with Crippen LogP contribution in [-0.4, -0.2) is 49.0 Å². The van der Waals surface area contributed by atoms with Crippen LogP contribution in [0.4, 0.5) is 5.69 Å². The number of carbonyl (C=O) groups excluding carboxylic acids is 1. The Morgan fingerprint density at radius 1 is 1.18 bits per heavy atom. The van der Waals surface area contributed by atoms with Gasteiger partial charge in [-0.05, 0) is 67.9 Å². The molecule has 1 saturated heterocycles. The van der Waals surface area contributed by atoms with Gasteiger partial charge in [0.05, 0.1) is 19.3 Å². The van der Waals surface area contributed by atoms with Gasteiger partial charge >= 0.3 is 0 Å². The van der Waals surface area contributed by atoms with E-state index in [4.69, 9.17) is 27.9 Å². The second-order valence-corrected chi connectivity index (χ2v) is 9.37. The van der Waals surface area contributed by atoms with Crippen molar-refractivity contribution in [1.29, 1.82) is 0 Å². The molecular formula is C21H24Cl2N2O2S. The Bertz CT molecular complexity index is 843. The maximum absolute atomic E-state index is 11.4. The number of halogens is 2. The van der Waals surface area contributed by atoms with Crippen LogP contribution >= 0.6 is 35.0 Å². The number of carbonyl (C=O) groups is 1. The van der Waals surface area contributed by atoms with Crippen LogP contribution in [0.3, 0.4) is 0 Å². The summed E-state index contributed by atoms with van der Waals surface area (Å²) in [4.78, 5) is 18.1. The van der Waals surface area contributed by atoms with Gasteiger partial charge in [0.15, 0.2) is 0 Å². The van der Waals surface area contributed by atoms with Crippen LogP contribution in [0.25, 0.3) is 0 Å². The van der Waals surface area contributed by atoms with Crippen molar-refractivity contribution < 1.29 is 9.53 Å². The predicted molar refractivity (Wildman–Crippen MR) is 117 cm³/mol. The maximum Gasteiger partial charge on any atom is 0.235 e. The van der Waals surface area contributed by atoms with Crippen LogP contribution in [0.1, 0.15) is 13.8 Å². The van der Waals surface area contributed by atoms with Gasteiger partial charge in [-0.2, -0.15) is 0 Å². The first-order valence-corrected chi connectivity index (χ1v) is 10.7. The molecule has 1 aliphatic rings. The molecule has 7 heteroatoms. The molecule has 2 aromatic carbocycles. The third-order valence-corrected chi connectivity index (χ3v) is 6.37. The molecule has 0 saturated carbocycles. The molecule has 0 amide bonds. The van der Waals surface area contributed by atoms with Crippen molar-refractivity contribution in [3.8, 4) is 5.75 Å². The van der Waals surface area contributed by atoms with E-state index in [0.717, 1.165) is 40.9 Å². The highest BCUT2D eigenvalue weighted by Crippen LogP contribution is 2.39. The molecule has 0 N–H and O–H groups in total. The molecule has 28 heavy (non-hydrogen) atoms. The van der Waals surface area contributed by atoms with Gasteiger partial charge in [-0.15, -0.1) is 0 Å². The fourth-order valence-corrected chi connectivity index (χ4v) is 4.70. The van der Waals surface area contributed by atoms with E-state index in [1.54, 1.807) is 18.9 Å². The number of benzene rings is 2. The second kappa shape index (κ2) is 8.95. The van der Waals surface area contributed by atoms with Crippen molar-refractivity contribution in [3.05, 3.63) is 47.5 Å². The smallest absolute Gasteiger partial charge is 0.235 e. The molecule has 4 nitrogen and oxygen atoms in total. The topological polar surface area (TPSA) is 32.8 Å². The van der Waals surface area contributed by atoms with Gasteiger partial charge in [0, 0.05) is 40.0 Å². The zero-order chi connectivity index (χ0) is 20.3. The number of hydrogen-bond acceptors (Lipinski definition) is 5. The SMILES string of the molecule is COc1ccc(Sc2ccc(Cl)cc2N2CCN(CC(=O)Cl)C(C)(C)C2)cc1. The zero-order valence-electron chi connectivity index (χ0n) is 16.2. The number of hydrogen-bond donors (Lipinski definition) is 0. The summed E-state index contributed by atoms with van der Waals surface area (Å²) in [5, 5.41) is 0.394. The summed E-state index contributed by atoms with van der Waals surface area (Å²) in [6.07, 6.45) is 0. The minimum absolute atomic E-state index is 0.173. The van der Waals surface area contributed by atoms with Crippen molar-refractivity contribution in [2.24, 2.45) is 0 Å². The van der Waals surface area contributed by atoms with E-state index in [0.29, 0.717) is 5.02 Å². The van der Waals surface area contributed by atoms with Gasteiger partial charge in [-0.3, -0.25) is 9.69 Å². The van der Waals surface area contributed by atoms with E-state index in [1.807, 2.05) is 24.3 Å². The molecule has 0 radical (unpaired) electrons.